The van der Waals surface area contributed by atoms with Gasteiger partial charge in [-0.05, 0) is 37.7 Å². The van der Waals surface area contributed by atoms with Crippen LogP contribution in [0.1, 0.15) is 108 Å². The van der Waals surface area contributed by atoms with E-state index >= 15 is 0 Å². The lowest BCUT2D eigenvalue weighted by Gasteiger charge is -2.26. The number of nitrogens with two attached hydrogens (primary N) is 2. The number of carboxylic acids is 7. The van der Waals surface area contributed by atoms with Crippen LogP contribution >= 0.6 is 0 Å². The average Bonchev–Trinajstić information content (AvgIpc) is 2.75. The summed E-state index contributed by atoms with van der Waals surface area (Å²) in [6.45, 7) is -1.17. The fourth-order valence-electron chi connectivity index (χ4n) is 8.88. The first-order chi connectivity index (χ1) is 42.2. The lowest BCUT2D eigenvalue weighted by atomic mass is 9.90. The van der Waals surface area contributed by atoms with Crippen molar-refractivity contribution in [2.45, 2.75) is 145 Å². The maximum Gasteiger partial charge on any atom is 0.305 e. The first kappa shape index (κ1) is 75.6. The van der Waals surface area contributed by atoms with Gasteiger partial charge in [0.2, 0.25) is 47.3 Å². The summed E-state index contributed by atoms with van der Waals surface area (Å²) in [4.78, 5) is 234. The molecule has 8 amide bonds. The summed E-state index contributed by atoms with van der Waals surface area (Å²) in [6.07, 6.45) is -12.2. The number of unbranched alkanes of at least 4 members (excludes halogenated alkanes) is 1. The third kappa shape index (κ3) is 30.3. The molecule has 0 spiro atoms. The van der Waals surface area contributed by atoms with E-state index in [4.69, 9.17) is 16.6 Å². The summed E-state index contributed by atoms with van der Waals surface area (Å²) in [5, 5.41) is 84.7. The van der Waals surface area contributed by atoms with E-state index in [2.05, 4.69) is 36.9 Å². The second-order valence-electron chi connectivity index (χ2n) is 20.7. The minimum Gasteiger partial charge on any atom is -0.481 e. The summed E-state index contributed by atoms with van der Waals surface area (Å²) in [6, 6.07) is -2.46. The molecule has 36 heteroatoms. The Hall–Kier alpha value is -10.5. The number of hydrogen-bond acceptors (Lipinski definition) is 19. The molecule has 0 saturated carbocycles. The Morgan fingerprint density at radius 1 is 0.489 bits per heavy atom. The van der Waals surface area contributed by atoms with Gasteiger partial charge in [-0.1, -0.05) is 30.3 Å². The van der Waals surface area contributed by atoms with Gasteiger partial charge in [-0.3, -0.25) is 91.3 Å². The van der Waals surface area contributed by atoms with Gasteiger partial charge < -0.3 is 89.7 Å². The molecule has 1 aromatic carbocycles. The Morgan fingerprint density at radius 3 is 1.43 bits per heavy atom. The molecule has 1 saturated heterocycles. The number of benzene rings is 1. The third-order valence-electron chi connectivity index (χ3n) is 13.3. The van der Waals surface area contributed by atoms with Crippen LogP contribution in [-0.2, 0) is 92.7 Å². The molecule has 7 unspecified atom stereocenters. The molecule has 0 bridgehead atoms. The molecule has 36 nitrogen and oxygen atoms in total. The Labute approximate surface area is 510 Å². The Bertz CT molecular complexity index is 2880. The monoisotopic (exact) mass is 1280 g/mol. The number of carbonyl (C=O) groups excluding carboxylic acids is 11. The number of guanidine groups is 1. The van der Waals surface area contributed by atoms with Gasteiger partial charge in [0.05, 0.1) is 81.3 Å². The zero-order chi connectivity index (χ0) is 67.8. The molecule has 0 radical (unpaired) electrons. The van der Waals surface area contributed by atoms with E-state index in [0.29, 0.717) is 5.56 Å². The Balaban J connectivity index is 2.40. The minimum atomic E-state index is -2.16. The van der Waals surface area contributed by atoms with Crippen LogP contribution in [0.4, 0.5) is 0 Å². The molecular weight excluding hydrogens is 1200 g/mol. The summed E-state index contributed by atoms with van der Waals surface area (Å²) in [5.41, 5.74) is 11.3. The van der Waals surface area contributed by atoms with Crippen molar-refractivity contribution in [2.75, 3.05) is 19.6 Å². The smallest absolute Gasteiger partial charge is 0.305 e. The van der Waals surface area contributed by atoms with Gasteiger partial charge in [0.15, 0.2) is 17.5 Å². The fourth-order valence-corrected chi connectivity index (χ4v) is 8.88. The molecular formula is C54H73N11O25. The van der Waals surface area contributed by atoms with Crippen molar-refractivity contribution in [3.8, 4) is 0 Å². The number of rotatable bonds is 39. The maximum atomic E-state index is 14.2. The molecule has 1 aliphatic rings. The van der Waals surface area contributed by atoms with Crippen LogP contribution in [0.2, 0.25) is 0 Å². The van der Waals surface area contributed by atoms with Gasteiger partial charge >= 0.3 is 41.8 Å². The Kier molecular flexibility index (Phi) is 32.5. The van der Waals surface area contributed by atoms with Crippen molar-refractivity contribution in [3.63, 3.8) is 0 Å². The number of ketones is 3. The van der Waals surface area contributed by atoms with E-state index in [0.717, 1.165) is 0 Å². The van der Waals surface area contributed by atoms with Crippen LogP contribution in [0.3, 0.4) is 0 Å². The van der Waals surface area contributed by atoms with Gasteiger partial charge in [0.1, 0.15) is 30.0 Å². The molecule has 0 aromatic heterocycles. The second-order valence-corrected chi connectivity index (χ2v) is 20.7. The van der Waals surface area contributed by atoms with Crippen LogP contribution in [0.25, 0.3) is 0 Å². The van der Waals surface area contributed by atoms with Crippen molar-refractivity contribution < 1.29 is 122 Å². The average molecular weight is 1280 g/mol. The Morgan fingerprint density at radius 2 is 0.944 bits per heavy atom. The summed E-state index contributed by atoms with van der Waals surface area (Å²) >= 11 is 0. The van der Waals surface area contributed by atoms with Gasteiger partial charge in [0.25, 0.3) is 0 Å². The van der Waals surface area contributed by atoms with Crippen LogP contribution in [-0.4, -0.2) is 204 Å². The van der Waals surface area contributed by atoms with Gasteiger partial charge in [-0.15, -0.1) is 0 Å². The second kappa shape index (κ2) is 38.7. The summed E-state index contributed by atoms with van der Waals surface area (Å²) in [7, 11) is 0. The lowest BCUT2D eigenvalue weighted by Crippen LogP contribution is -2.58. The largest absolute Gasteiger partial charge is 0.481 e. The molecule has 2 rings (SSSR count). The fraction of sp³-hybridized carbons (Fsp3) is 0.537. The lowest BCUT2D eigenvalue weighted by molar-refractivity contribution is -0.146. The SMILES string of the molecule is NC(N)=NCCCC1NC(=O)C(CCCCNC(=O)C(CC(=O)O)CC(=O)C(CC(=O)O)NC(=O)C(CC(=O)O)CC(=O)C(CC(=O)O)NC(=O)C(CC(=O)O)CC(=O)CCC(=O)O)NC(=O)[C@@H](Cc2ccccc2)NC(=O)[C@H](CC(=O)O)NC(=O)CNC1=O. The molecule has 1 fully saturated rings. The highest BCUT2D eigenvalue weighted by molar-refractivity contribution is 6.01. The van der Waals surface area contributed by atoms with Crippen molar-refractivity contribution in [1.29, 1.82) is 0 Å². The molecule has 494 valence electrons. The number of nitrogens with zero attached hydrogens (tertiary/aromatic N) is 1. The minimum absolute atomic E-state index is 0.0263. The number of Topliss-reactive ketones (excluding diaryl/α,β-unsaturated/α-hetero) is 3. The van der Waals surface area contributed by atoms with E-state index < -0.39 is 238 Å². The van der Waals surface area contributed by atoms with E-state index in [1.165, 1.54) is 0 Å². The van der Waals surface area contributed by atoms with Gasteiger partial charge in [-0.2, -0.15) is 0 Å². The van der Waals surface area contributed by atoms with Crippen LogP contribution < -0.4 is 54.0 Å². The van der Waals surface area contributed by atoms with Crippen molar-refractivity contribution >= 4 is 112 Å². The van der Waals surface area contributed by atoms with E-state index in [1.54, 1.807) is 30.3 Å². The number of aliphatic imine (C=N–C) groups is 1. The predicted octanol–water partition coefficient (Wildman–Crippen LogP) is -4.95. The van der Waals surface area contributed by atoms with Crippen LogP contribution in [0, 0.1) is 17.8 Å². The third-order valence-corrected chi connectivity index (χ3v) is 13.3. The van der Waals surface area contributed by atoms with Gasteiger partial charge in [0, 0.05) is 45.2 Å². The normalized spacial score (nSPS) is 17.9. The van der Waals surface area contributed by atoms with E-state index in [9.17, 15) is 117 Å². The molecule has 9 atom stereocenters. The zero-order valence-corrected chi connectivity index (χ0v) is 48.3. The van der Waals surface area contributed by atoms with E-state index in [-0.39, 0.29) is 57.6 Å². The zero-order valence-electron chi connectivity index (χ0n) is 48.3. The summed E-state index contributed by atoms with van der Waals surface area (Å²) < 4.78 is 0. The van der Waals surface area contributed by atoms with Crippen molar-refractivity contribution in [2.24, 2.45) is 34.2 Å². The van der Waals surface area contributed by atoms with Gasteiger partial charge in [-0.25, -0.2) is 0 Å². The number of aliphatic carboxylic acids is 7. The molecule has 19 N–H and O–H groups in total. The van der Waals surface area contributed by atoms with E-state index in [1.807, 2.05) is 10.6 Å². The van der Waals surface area contributed by atoms with Crippen molar-refractivity contribution in [3.05, 3.63) is 35.9 Å². The summed E-state index contributed by atoms with van der Waals surface area (Å²) in [5.74, 6) is -30.1. The number of carboxylic acid groups (broad SMARTS) is 7. The molecule has 90 heavy (non-hydrogen) atoms. The highest BCUT2D eigenvalue weighted by Gasteiger charge is 2.38. The maximum absolute atomic E-state index is 14.2. The molecule has 1 aromatic rings. The first-order valence-electron chi connectivity index (χ1n) is 27.8. The molecule has 1 aliphatic heterocycles. The molecule has 1 heterocycles. The number of amides is 8. The standard InChI is InChI=1S/C54H73N11O25/c55-54(56)58-14-6-10-31-50(87)59-25-39(69)60-36(24-46(82)83)53(90)65-35(15-26-7-2-1-3-8-26)52(89)62-32(51(88)61-31)9-4-5-13-57-47(84)28(20-42(74)75)17-37(67)33(22-44(78)79)64-49(86)29(21-43(76)77)18-38(68)34(23-45(80)81)63-48(85)27(19-41(72)73)16-30(66)11-12-40(70)71/h1-3,7-8,27-29,31-36H,4-6,9-25H2,(H,57,84)(H,59,87)(H,60,69)(H,61,88)(H,62,89)(H,63,85)(H,64,86)(H,65,90)(H,70,71)(H,72,73)(H,74,75)(H,76,77)(H,78,79)(H,80,81)(H,82,83)(H4,55,56,58)/t27?,28?,29?,31?,32?,33?,34?,35-,36+/m1/s1. The van der Waals surface area contributed by atoms with Crippen LogP contribution in [0.5, 0.6) is 0 Å². The highest BCUT2D eigenvalue weighted by Crippen LogP contribution is 2.19. The quantitative estimate of drug-likeness (QED) is 0.0167. The van der Waals surface area contributed by atoms with Crippen LogP contribution in [0.15, 0.2) is 35.3 Å². The van der Waals surface area contributed by atoms with Crippen molar-refractivity contribution in [1.82, 2.24) is 42.5 Å². The first-order valence-corrected chi connectivity index (χ1v) is 27.8. The number of carbonyl (C=O) groups is 18. The molecule has 0 aliphatic carbocycles. The predicted molar refractivity (Wildman–Crippen MR) is 301 cm³/mol. The topological polar surface area (TPSA) is 610 Å². The number of hydrogen-bond donors (Lipinski definition) is 17. The number of nitrogens with one attached hydrogen (secondary N) is 8. The highest BCUT2D eigenvalue weighted by atomic mass is 16.4.